The fourth-order valence-electron chi connectivity index (χ4n) is 1.44. The molecule has 0 amide bonds. The van der Waals surface area contributed by atoms with Crippen molar-refractivity contribution in [2.45, 2.75) is 12.5 Å². The summed E-state index contributed by atoms with van der Waals surface area (Å²) in [7, 11) is 0. The van der Waals surface area contributed by atoms with Crippen LogP contribution in [0.3, 0.4) is 0 Å². The molecular formula is C10H8BrF3O2. The van der Waals surface area contributed by atoms with Gasteiger partial charge in [-0.1, -0.05) is 15.9 Å². The second kappa shape index (κ2) is 4.35. The van der Waals surface area contributed by atoms with Gasteiger partial charge in [0.15, 0.2) is 6.29 Å². The zero-order valence-electron chi connectivity index (χ0n) is 8.05. The minimum absolute atomic E-state index is 0.368. The Bertz CT molecular complexity index is 386. The Kier molecular flexibility index (Phi) is 3.23. The third-order valence-corrected chi connectivity index (χ3v) is 2.92. The SMILES string of the molecule is FC(F)(F)c1ccc(Br)c(C2OCCO2)c1. The number of alkyl halides is 3. The molecule has 1 aliphatic heterocycles. The molecule has 1 heterocycles. The van der Waals surface area contributed by atoms with Crippen LogP contribution >= 0.6 is 15.9 Å². The van der Waals surface area contributed by atoms with Gasteiger partial charge in [0.25, 0.3) is 0 Å². The van der Waals surface area contributed by atoms with Gasteiger partial charge in [-0.15, -0.1) is 0 Å². The smallest absolute Gasteiger partial charge is 0.346 e. The second-order valence-electron chi connectivity index (χ2n) is 3.31. The van der Waals surface area contributed by atoms with E-state index in [1.807, 2.05) is 0 Å². The van der Waals surface area contributed by atoms with Crippen molar-refractivity contribution in [1.82, 2.24) is 0 Å². The summed E-state index contributed by atoms with van der Waals surface area (Å²) in [5.74, 6) is 0. The standard InChI is InChI=1S/C10H8BrF3O2/c11-8-2-1-6(10(12,13)14)5-7(8)9-15-3-4-16-9/h1-2,5,9H,3-4H2. The fourth-order valence-corrected chi connectivity index (χ4v) is 1.87. The van der Waals surface area contributed by atoms with Crippen LogP contribution in [0.1, 0.15) is 17.4 Å². The lowest BCUT2D eigenvalue weighted by Crippen LogP contribution is -2.07. The summed E-state index contributed by atoms with van der Waals surface area (Å²) in [5.41, 5.74) is -0.336. The molecule has 0 unspecified atom stereocenters. The summed E-state index contributed by atoms with van der Waals surface area (Å²) in [6, 6.07) is 3.41. The van der Waals surface area contributed by atoms with E-state index >= 15 is 0 Å². The molecule has 1 aliphatic rings. The maximum absolute atomic E-state index is 12.5. The molecule has 16 heavy (non-hydrogen) atoms. The molecule has 2 nitrogen and oxygen atoms in total. The molecule has 2 rings (SSSR count). The van der Waals surface area contributed by atoms with E-state index in [2.05, 4.69) is 15.9 Å². The van der Waals surface area contributed by atoms with Gasteiger partial charge in [-0.25, -0.2) is 0 Å². The highest BCUT2D eigenvalue weighted by molar-refractivity contribution is 9.10. The van der Waals surface area contributed by atoms with Crippen molar-refractivity contribution in [3.05, 3.63) is 33.8 Å². The molecule has 0 saturated carbocycles. The molecule has 0 atom stereocenters. The number of halogens is 4. The van der Waals surface area contributed by atoms with E-state index in [1.54, 1.807) is 0 Å². The lowest BCUT2D eigenvalue weighted by Gasteiger charge is -2.14. The van der Waals surface area contributed by atoms with Gasteiger partial charge >= 0.3 is 6.18 Å². The lowest BCUT2D eigenvalue weighted by molar-refractivity contribution is -0.137. The average Bonchev–Trinajstić information content (AvgIpc) is 2.69. The third-order valence-electron chi connectivity index (χ3n) is 2.20. The van der Waals surface area contributed by atoms with Crippen LogP contribution in [0.4, 0.5) is 13.2 Å². The molecule has 6 heteroatoms. The highest BCUT2D eigenvalue weighted by Gasteiger charge is 2.32. The minimum Gasteiger partial charge on any atom is -0.346 e. The molecule has 0 N–H and O–H groups in total. The Morgan fingerprint density at radius 2 is 1.81 bits per heavy atom. The van der Waals surface area contributed by atoms with Gasteiger partial charge in [-0.2, -0.15) is 13.2 Å². The van der Waals surface area contributed by atoms with Gasteiger partial charge in [0, 0.05) is 10.0 Å². The molecule has 0 radical (unpaired) electrons. The lowest BCUT2D eigenvalue weighted by atomic mass is 10.1. The van der Waals surface area contributed by atoms with E-state index in [0.29, 0.717) is 23.2 Å². The Labute approximate surface area is 98.5 Å². The number of rotatable bonds is 1. The van der Waals surface area contributed by atoms with Crippen LogP contribution in [0, 0.1) is 0 Å². The van der Waals surface area contributed by atoms with Crippen molar-refractivity contribution < 1.29 is 22.6 Å². The molecule has 1 aromatic rings. The Morgan fingerprint density at radius 1 is 1.19 bits per heavy atom. The first-order valence-electron chi connectivity index (χ1n) is 4.58. The average molecular weight is 297 g/mol. The van der Waals surface area contributed by atoms with Crippen LogP contribution in [0.2, 0.25) is 0 Å². The van der Waals surface area contributed by atoms with Crippen LogP contribution in [0.15, 0.2) is 22.7 Å². The van der Waals surface area contributed by atoms with Crippen molar-refractivity contribution in [3.63, 3.8) is 0 Å². The Balaban J connectivity index is 2.36. The van der Waals surface area contributed by atoms with E-state index in [4.69, 9.17) is 9.47 Å². The minimum atomic E-state index is -4.35. The van der Waals surface area contributed by atoms with Crippen molar-refractivity contribution >= 4 is 15.9 Å². The van der Waals surface area contributed by atoms with E-state index in [-0.39, 0.29) is 0 Å². The summed E-state index contributed by atoms with van der Waals surface area (Å²) in [6.45, 7) is 0.792. The molecule has 0 bridgehead atoms. The summed E-state index contributed by atoms with van der Waals surface area (Å²) in [5, 5.41) is 0. The van der Waals surface area contributed by atoms with Gasteiger partial charge < -0.3 is 9.47 Å². The van der Waals surface area contributed by atoms with Gasteiger partial charge in [0.1, 0.15) is 0 Å². The number of hydrogen-bond donors (Lipinski definition) is 0. The zero-order chi connectivity index (χ0) is 11.8. The quantitative estimate of drug-likeness (QED) is 0.789. The Hall–Kier alpha value is -0.590. The molecule has 1 fully saturated rings. The topological polar surface area (TPSA) is 18.5 Å². The van der Waals surface area contributed by atoms with E-state index in [9.17, 15) is 13.2 Å². The van der Waals surface area contributed by atoms with Gasteiger partial charge in [0.2, 0.25) is 0 Å². The molecule has 0 aliphatic carbocycles. The number of benzene rings is 1. The monoisotopic (exact) mass is 296 g/mol. The zero-order valence-corrected chi connectivity index (χ0v) is 9.64. The van der Waals surface area contributed by atoms with Crippen LogP contribution in [-0.4, -0.2) is 13.2 Å². The van der Waals surface area contributed by atoms with Crippen LogP contribution in [0.5, 0.6) is 0 Å². The van der Waals surface area contributed by atoms with Crippen molar-refractivity contribution in [3.8, 4) is 0 Å². The molecule has 1 saturated heterocycles. The highest BCUT2D eigenvalue weighted by Crippen LogP contribution is 2.36. The highest BCUT2D eigenvalue weighted by atomic mass is 79.9. The first kappa shape index (κ1) is 11.9. The molecule has 0 aromatic heterocycles. The summed E-state index contributed by atoms with van der Waals surface area (Å²) in [6.07, 6.45) is -5.06. The number of ether oxygens (including phenoxy) is 2. The van der Waals surface area contributed by atoms with Gasteiger partial charge in [0.05, 0.1) is 18.8 Å². The van der Waals surface area contributed by atoms with Gasteiger partial charge in [-0.3, -0.25) is 0 Å². The van der Waals surface area contributed by atoms with Crippen molar-refractivity contribution in [1.29, 1.82) is 0 Å². The van der Waals surface area contributed by atoms with Crippen LogP contribution < -0.4 is 0 Å². The maximum Gasteiger partial charge on any atom is 0.416 e. The predicted molar refractivity (Wildman–Crippen MR) is 53.8 cm³/mol. The molecule has 1 aromatic carbocycles. The van der Waals surface area contributed by atoms with Crippen LogP contribution in [0.25, 0.3) is 0 Å². The molecule has 0 spiro atoms. The largest absolute Gasteiger partial charge is 0.416 e. The molecular weight excluding hydrogens is 289 g/mol. The first-order valence-corrected chi connectivity index (χ1v) is 5.37. The third kappa shape index (κ3) is 2.39. The Morgan fingerprint density at radius 3 is 2.38 bits per heavy atom. The van der Waals surface area contributed by atoms with Gasteiger partial charge in [-0.05, 0) is 18.2 Å². The fraction of sp³-hybridized carbons (Fsp3) is 0.400. The normalized spacial score (nSPS) is 18.0. The van der Waals surface area contributed by atoms with E-state index in [0.717, 1.165) is 12.1 Å². The van der Waals surface area contributed by atoms with E-state index in [1.165, 1.54) is 6.07 Å². The summed E-state index contributed by atoms with van der Waals surface area (Å²) >= 11 is 3.18. The number of hydrogen-bond acceptors (Lipinski definition) is 2. The maximum atomic E-state index is 12.5. The predicted octanol–water partition coefficient (Wildman–Crippen LogP) is 3.51. The van der Waals surface area contributed by atoms with Crippen LogP contribution in [-0.2, 0) is 15.7 Å². The summed E-state index contributed by atoms with van der Waals surface area (Å²) < 4.78 is 48.4. The van der Waals surface area contributed by atoms with Crippen molar-refractivity contribution in [2.75, 3.05) is 13.2 Å². The summed E-state index contributed by atoms with van der Waals surface area (Å²) in [4.78, 5) is 0. The molecule has 88 valence electrons. The van der Waals surface area contributed by atoms with Crippen molar-refractivity contribution in [2.24, 2.45) is 0 Å². The first-order chi connectivity index (χ1) is 7.48. The van der Waals surface area contributed by atoms with E-state index < -0.39 is 18.0 Å². The second-order valence-corrected chi connectivity index (χ2v) is 4.16.